The molecule has 0 fully saturated rings. The van der Waals surface area contributed by atoms with Crippen molar-refractivity contribution in [3.63, 3.8) is 0 Å². The summed E-state index contributed by atoms with van der Waals surface area (Å²) in [5, 5.41) is 0. The monoisotopic (exact) mass is 647 g/mol. The van der Waals surface area contributed by atoms with Crippen molar-refractivity contribution in [1.29, 1.82) is 0 Å². The summed E-state index contributed by atoms with van der Waals surface area (Å²) in [4.78, 5) is 37.1. The van der Waals surface area contributed by atoms with E-state index in [1.807, 2.05) is 0 Å². The van der Waals surface area contributed by atoms with E-state index in [-0.39, 0.29) is 31.1 Å². The lowest BCUT2D eigenvalue weighted by molar-refractivity contribution is -0.167. The van der Waals surface area contributed by atoms with Crippen LogP contribution in [0.2, 0.25) is 0 Å². The molecule has 1 unspecified atom stereocenters. The second-order valence-corrected chi connectivity index (χ2v) is 12.5. The summed E-state index contributed by atoms with van der Waals surface area (Å²) < 4.78 is 16.5. The molecule has 0 aromatic heterocycles. The number of ether oxygens (including phenoxy) is 3. The van der Waals surface area contributed by atoms with Gasteiger partial charge in [0.05, 0.1) is 0 Å². The van der Waals surface area contributed by atoms with Crippen LogP contribution >= 0.6 is 0 Å². The molecule has 266 valence electrons. The third kappa shape index (κ3) is 33.0. The Morgan fingerprint density at radius 2 is 0.848 bits per heavy atom. The highest BCUT2D eigenvalue weighted by Gasteiger charge is 2.19. The highest BCUT2D eigenvalue weighted by atomic mass is 16.6. The molecule has 46 heavy (non-hydrogen) atoms. The zero-order chi connectivity index (χ0) is 33.8. The number of hydrogen-bond acceptors (Lipinski definition) is 6. The number of allylic oxidation sites excluding steroid dienone is 6. The molecule has 0 aliphatic heterocycles. The van der Waals surface area contributed by atoms with Crippen LogP contribution in [-0.2, 0) is 28.6 Å². The van der Waals surface area contributed by atoms with Crippen LogP contribution in [0.5, 0.6) is 0 Å². The average Bonchev–Trinajstić information content (AvgIpc) is 3.05. The third-order valence-corrected chi connectivity index (χ3v) is 7.91. The van der Waals surface area contributed by atoms with E-state index in [9.17, 15) is 14.4 Å². The van der Waals surface area contributed by atoms with E-state index in [0.717, 1.165) is 96.3 Å². The summed E-state index contributed by atoms with van der Waals surface area (Å²) in [7, 11) is 0. The second kappa shape index (κ2) is 35.5. The van der Waals surface area contributed by atoms with Crippen LogP contribution in [-0.4, -0.2) is 37.2 Å². The molecule has 0 aliphatic rings. The van der Waals surface area contributed by atoms with Crippen molar-refractivity contribution in [2.45, 2.75) is 187 Å². The van der Waals surface area contributed by atoms with Gasteiger partial charge in [-0.2, -0.15) is 0 Å². The van der Waals surface area contributed by atoms with Crippen molar-refractivity contribution in [3.8, 4) is 0 Å². The highest BCUT2D eigenvalue weighted by Crippen LogP contribution is 2.12. The molecular weight excluding hydrogens is 576 g/mol. The molecule has 0 aliphatic carbocycles. The second-order valence-electron chi connectivity index (χ2n) is 12.5. The van der Waals surface area contributed by atoms with Crippen LogP contribution in [0.25, 0.3) is 0 Å². The van der Waals surface area contributed by atoms with Crippen molar-refractivity contribution in [3.05, 3.63) is 36.5 Å². The quantitative estimate of drug-likeness (QED) is 0.0305. The van der Waals surface area contributed by atoms with Gasteiger partial charge in [-0.25, -0.2) is 0 Å². The lowest BCUT2D eigenvalue weighted by Gasteiger charge is -2.18. The SMILES string of the molecule is CC/C=C\C/C=C\C/C=C\CCCCCCCC(=O)OCC(COC(=O)CCCCCCCC)OC(=O)CCCCCCCCC. The predicted octanol–water partition coefficient (Wildman–Crippen LogP) is 11.5. The summed E-state index contributed by atoms with van der Waals surface area (Å²) >= 11 is 0. The molecule has 0 aromatic rings. The minimum Gasteiger partial charge on any atom is -0.462 e. The van der Waals surface area contributed by atoms with Gasteiger partial charge < -0.3 is 14.2 Å². The Balaban J connectivity index is 4.28. The number of carbonyl (C=O) groups is 3. The maximum absolute atomic E-state index is 12.5. The maximum atomic E-state index is 12.5. The van der Waals surface area contributed by atoms with Gasteiger partial charge >= 0.3 is 17.9 Å². The van der Waals surface area contributed by atoms with Crippen molar-refractivity contribution in [2.75, 3.05) is 13.2 Å². The van der Waals surface area contributed by atoms with E-state index in [4.69, 9.17) is 14.2 Å². The Hall–Kier alpha value is -2.37. The van der Waals surface area contributed by atoms with Crippen LogP contribution in [0.4, 0.5) is 0 Å². The fourth-order valence-corrected chi connectivity index (χ4v) is 5.04. The van der Waals surface area contributed by atoms with Gasteiger partial charge in [-0.1, -0.05) is 147 Å². The van der Waals surface area contributed by atoms with Crippen LogP contribution in [0, 0.1) is 0 Å². The van der Waals surface area contributed by atoms with Gasteiger partial charge in [-0.15, -0.1) is 0 Å². The molecule has 0 amide bonds. The molecule has 0 heterocycles. The topological polar surface area (TPSA) is 78.9 Å². The van der Waals surface area contributed by atoms with Crippen molar-refractivity contribution in [1.82, 2.24) is 0 Å². The number of esters is 3. The summed E-state index contributed by atoms with van der Waals surface area (Å²) in [6, 6.07) is 0. The molecule has 0 N–H and O–H groups in total. The van der Waals surface area contributed by atoms with Gasteiger partial charge in [-0.05, 0) is 51.4 Å². The van der Waals surface area contributed by atoms with Gasteiger partial charge in [0.2, 0.25) is 0 Å². The standard InChI is InChI=1S/C40H70O6/c1-4-7-10-13-16-17-18-19-20-21-22-23-25-27-30-33-39(42)45-36-37(35-44-38(41)32-29-26-15-12-9-6-3)46-40(43)34-31-28-24-14-11-8-5-2/h7,10,16-17,19-20,37H,4-6,8-9,11-15,18,21-36H2,1-3H3/b10-7-,17-16-,20-19-. The van der Waals surface area contributed by atoms with E-state index in [0.29, 0.717) is 19.3 Å². The molecule has 0 bridgehead atoms. The van der Waals surface area contributed by atoms with Gasteiger partial charge in [0.1, 0.15) is 13.2 Å². The molecule has 0 saturated carbocycles. The van der Waals surface area contributed by atoms with E-state index >= 15 is 0 Å². The summed E-state index contributed by atoms with van der Waals surface area (Å²) in [6.45, 7) is 6.37. The van der Waals surface area contributed by atoms with Crippen molar-refractivity contribution in [2.24, 2.45) is 0 Å². The van der Waals surface area contributed by atoms with E-state index in [1.165, 1.54) is 44.9 Å². The largest absolute Gasteiger partial charge is 0.462 e. The normalized spacial score (nSPS) is 12.3. The first-order chi connectivity index (χ1) is 22.5. The first kappa shape index (κ1) is 43.6. The average molecular weight is 647 g/mol. The zero-order valence-electron chi connectivity index (χ0n) is 30.1. The minimum absolute atomic E-state index is 0.0776. The summed E-state index contributed by atoms with van der Waals surface area (Å²) in [5.41, 5.74) is 0. The molecule has 1 atom stereocenters. The number of unbranched alkanes of at least 4 members (excludes halogenated alkanes) is 16. The smallest absolute Gasteiger partial charge is 0.306 e. The molecule has 6 heteroatoms. The molecule has 0 aromatic carbocycles. The fourth-order valence-electron chi connectivity index (χ4n) is 5.04. The number of carbonyl (C=O) groups excluding carboxylic acids is 3. The number of rotatable bonds is 33. The third-order valence-electron chi connectivity index (χ3n) is 7.91. The molecule has 0 radical (unpaired) electrons. The Bertz CT molecular complexity index is 800. The first-order valence-electron chi connectivity index (χ1n) is 19.0. The number of hydrogen-bond donors (Lipinski definition) is 0. The Morgan fingerprint density at radius 3 is 1.33 bits per heavy atom. The summed E-state index contributed by atoms with van der Waals surface area (Å²) in [6.07, 6.45) is 37.3. The van der Waals surface area contributed by atoms with Gasteiger partial charge in [0, 0.05) is 19.3 Å². The lowest BCUT2D eigenvalue weighted by atomic mass is 10.1. The molecule has 6 nitrogen and oxygen atoms in total. The van der Waals surface area contributed by atoms with Crippen LogP contribution < -0.4 is 0 Å². The van der Waals surface area contributed by atoms with E-state index < -0.39 is 6.10 Å². The Labute approximate surface area is 283 Å². The lowest BCUT2D eigenvalue weighted by Crippen LogP contribution is -2.30. The molecule has 0 saturated heterocycles. The molecular formula is C40H70O6. The zero-order valence-corrected chi connectivity index (χ0v) is 30.1. The van der Waals surface area contributed by atoms with E-state index in [2.05, 4.69) is 57.2 Å². The van der Waals surface area contributed by atoms with Gasteiger partial charge in [0.25, 0.3) is 0 Å². The Kier molecular flexibility index (Phi) is 33.7. The van der Waals surface area contributed by atoms with Crippen LogP contribution in [0.1, 0.15) is 181 Å². The van der Waals surface area contributed by atoms with Crippen LogP contribution in [0.3, 0.4) is 0 Å². The molecule has 0 spiro atoms. The molecule has 0 rings (SSSR count). The first-order valence-corrected chi connectivity index (χ1v) is 19.0. The van der Waals surface area contributed by atoms with E-state index in [1.54, 1.807) is 0 Å². The summed E-state index contributed by atoms with van der Waals surface area (Å²) in [5.74, 6) is -0.918. The van der Waals surface area contributed by atoms with Gasteiger partial charge in [-0.3, -0.25) is 14.4 Å². The maximum Gasteiger partial charge on any atom is 0.306 e. The highest BCUT2D eigenvalue weighted by molar-refractivity contribution is 5.71. The predicted molar refractivity (Wildman–Crippen MR) is 192 cm³/mol. The van der Waals surface area contributed by atoms with Crippen LogP contribution in [0.15, 0.2) is 36.5 Å². The van der Waals surface area contributed by atoms with Gasteiger partial charge in [0.15, 0.2) is 6.10 Å². The van der Waals surface area contributed by atoms with Crippen molar-refractivity contribution < 1.29 is 28.6 Å². The minimum atomic E-state index is -0.768. The Morgan fingerprint density at radius 1 is 0.457 bits per heavy atom. The fraction of sp³-hybridized carbons (Fsp3) is 0.775. The van der Waals surface area contributed by atoms with Crippen molar-refractivity contribution >= 4 is 17.9 Å².